The second kappa shape index (κ2) is 5.08. The van der Waals surface area contributed by atoms with E-state index in [0.29, 0.717) is 5.92 Å². The fourth-order valence-electron chi connectivity index (χ4n) is 2.56. The third-order valence-electron chi connectivity index (χ3n) is 4.02. The average molecular weight is 270 g/mol. The van der Waals surface area contributed by atoms with E-state index in [-0.39, 0.29) is 5.56 Å². The van der Waals surface area contributed by atoms with Crippen molar-refractivity contribution in [3.63, 3.8) is 0 Å². The molecular weight excluding hydrogens is 255 g/mol. The van der Waals surface area contributed by atoms with Crippen LogP contribution in [0.4, 0.5) is 4.39 Å². The third-order valence-corrected chi connectivity index (χ3v) is 4.02. The molecule has 0 unspecified atom stereocenters. The minimum atomic E-state index is -1.24. The molecule has 1 N–H and O–H groups in total. The highest BCUT2D eigenvalue weighted by molar-refractivity contribution is 5.89. The predicted octanol–water partition coefficient (Wildman–Crippen LogP) is 4.46. The summed E-state index contributed by atoms with van der Waals surface area (Å²) in [6, 6.07) is 12.3. The molecule has 2 aromatic rings. The molecular formula is C17H15FO2. The van der Waals surface area contributed by atoms with Gasteiger partial charge in [0.15, 0.2) is 0 Å². The number of carboxylic acid groups (broad SMARTS) is 1. The second-order valence-corrected chi connectivity index (χ2v) is 5.25. The van der Waals surface area contributed by atoms with Gasteiger partial charge in [-0.2, -0.15) is 0 Å². The molecule has 0 atom stereocenters. The van der Waals surface area contributed by atoms with Gasteiger partial charge in [-0.05, 0) is 47.6 Å². The summed E-state index contributed by atoms with van der Waals surface area (Å²) in [4.78, 5) is 11.0. The van der Waals surface area contributed by atoms with Gasteiger partial charge in [-0.3, -0.25) is 0 Å². The zero-order chi connectivity index (χ0) is 14.1. The van der Waals surface area contributed by atoms with Crippen LogP contribution in [0.25, 0.3) is 11.1 Å². The van der Waals surface area contributed by atoms with Crippen LogP contribution in [0.1, 0.15) is 41.1 Å². The molecule has 20 heavy (non-hydrogen) atoms. The Balaban J connectivity index is 1.92. The molecule has 3 rings (SSSR count). The molecule has 2 nitrogen and oxygen atoms in total. The molecule has 0 amide bonds. The Morgan fingerprint density at radius 3 is 2.25 bits per heavy atom. The first-order valence-electron chi connectivity index (χ1n) is 6.78. The summed E-state index contributed by atoms with van der Waals surface area (Å²) < 4.78 is 13.4. The van der Waals surface area contributed by atoms with Crippen LogP contribution in [0.2, 0.25) is 0 Å². The van der Waals surface area contributed by atoms with Gasteiger partial charge >= 0.3 is 5.97 Å². The van der Waals surface area contributed by atoms with Crippen LogP contribution >= 0.6 is 0 Å². The van der Waals surface area contributed by atoms with Gasteiger partial charge in [0, 0.05) is 0 Å². The first-order valence-corrected chi connectivity index (χ1v) is 6.78. The number of rotatable bonds is 3. The van der Waals surface area contributed by atoms with Gasteiger partial charge in [0.2, 0.25) is 0 Å². The van der Waals surface area contributed by atoms with Gasteiger partial charge in [0.25, 0.3) is 0 Å². The Bertz CT molecular complexity index is 643. The molecule has 1 aliphatic rings. The minimum absolute atomic E-state index is 0.287. The van der Waals surface area contributed by atoms with Gasteiger partial charge in [-0.25, -0.2) is 9.18 Å². The van der Waals surface area contributed by atoms with E-state index < -0.39 is 11.8 Å². The topological polar surface area (TPSA) is 37.3 Å². The van der Waals surface area contributed by atoms with Gasteiger partial charge in [0.1, 0.15) is 5.82 Å². The summed E-state index contributed by atoms with van der Waals surface area (Å²) in [6.45, 7) is 0. The normalized spacial score (nSPS) is 14.8. The van der Waals surface area contributed by atoms with E-state index in [4.69, 9.17) is 5.11 Å². The highest BCUT2D eigenvalue weighted by Gasteiger charge is 2.19. The number of carboxylic acids is 1. The van der Waals surface area contributed by atoms with Crippen LogP contribution in [-0.4, -0.2) is 11.1 Å². The van der Waals surface area contributed by atoms with Crippen molar-refractivity contribution in [2.24, 2.45) is 0 Å². The summed E-state index contributed by atoms with van der Waals surface area (Å²) in [5.74, 6) is -1.27. The molecule has 0 heterocycles. The van der Waals surface area contributed by atoms with E-state index in [1.165, 1.54) is 37.0 Å². The van der Waals surface area contributed by atoms with Crippen LogP contribution in [0.3, 0.4) is 0 Å². The number of benzene rings is 2. The fourth-order valence-corrected chi connectivity index (χ4v) is 2.56. The molecule has 1 saturated carbocycles. The number of aromatic carboxylic acids is 1. The van der Waals surface area contributed by atoms with E-state index in [1.807, 2.05) is 12.1 Å². The molecule has 102 valence electrons. The van der Waals surface area contributed by atoms with Crippen molar-refractivity contribution < 1.29 is 14.3 Å². The van der Waals surface area contributed by atoms with Crippen LogP contribution in [0.15, 0.2) is 42.5 Å². The Morgan fingerprint density at radius 1 is 1.05 bits per heavy atom. The first kappa shape index (κ1) is 12.9. The SMILES string of the molecule is O=C(O)c1cc(-c2ccc(C3CCC3)cc2)ccc1F. The van der Waals surface area contributed by atoms with E-state index in [2.05, 4.69) is 12.1 Å². The third kappa shape index (κ3) is 2.31. The van der Waals surface area contributed by atoms with Crippen LogP contribution in [0.5, 0.6) is 0 Å². The molecule has 1 aliphatic carbocycles. The highest BCUT2D eigenvalue weighted by Crippen LogP contribution is 2.37. The standard InChI is InChI=1S/C17H15FO2/c18-16-9-8-14(10-15(16)17(19)20)13-6-4-12(5-7-13)11-2-1-3-11/h4-11H,1-3H2,(H,19,20). The van der Waals surface area contributed by atoms with Crippen molar-refractivity contribution in [3.05, 3.63) is 59.4 Å². The largest absolute Gasteiger partial charge is 0.478 e. The summed E-state index contributed by atoms with van der Waals surface area (Å²) >= 11 is 0. The molecule has 0 spiro atoms. The second-order valence-electron chi connectivity index (χ2n) is 5.25. The van der Waals surface area contributed by atoms with Crippen molar-refractivity contribution >= 4 is 5.97 Å². The number of hydrogen-bond donors (Lipinski definition) is 1. The highest BCUT2D eigenvalue weighted by atomic mass is 19.1. The quantitative estimate of drug-likeness (QED) is 0.894. The number of hydrogen-bond acceptors (Lipinski definition) is 1. The van der Waals surface area contributed by atoms with E-state index in [9.17, 15) is 9.18 Å². The van der Waals surface area contributed by atoms with Gasteiger partial charge in [0.05, 0.1) is 5.56 Å². The summed E-state index contributed by atoms with van der Waals surface area (Å²) in [6.07, 6.45) is 3.80. The van der Waals surface area contributed by atoms with E-state index in [0.717, 1.165) is 11.1 Å². The molecule has 0 radical (unpaired) electrons. The van der Waals surface area contributed by atoms with Crippen molar-refractivity contribution in [1.29, 1.82) is 0 Å². The predicted molar refractivity (Wildman–Crippen MR) is 75.4 cm³/mol. The lowest BCUT2D eigenvalue weighted by Crippen LogP contribution is -2.08. The number of halogens is 1. The Morgan fingerprint density at radius 2 is 1.70 bits per heavy atom. The Kier molecular flexibility index (Phi) is 3.26. The maximum atomic E-state index is 13.4. The van der Waals surface area contributed by atoms with Gasteiger partial charge in [-0.1, -0.05) is 36.8 Å². The zero-order valence-electron chi connectivity index (χ0n) is 11.0. The number of carbonyl (C=O) groups is 1. The molecule has 1 fully saturated rings. The fraction of sp³-hybridized carbons (Fsp3) is 0.235. The van der Waals surface area contributed by atoms with Gasteiger partial charge < -0.3 is 5.11 Å². The average Bonchev–Trinajstić information content (AvgIpc) is 2.38. The maximum absolute atomic E-state index is 13.4. The lowest BCUT2D eigenvalue weighted by molar-refractivity contribution is 0.0692. The molecule has 0 bridgehead atoms. The van der Waals surface area contributed by atoms with Gasteiger partial charge in [-0.15, -0.1) is 0 Å². The molecule has 0 aliphatic heterocycles. The van der Waals surface area contributed by atoms with Crippen LogP contribution < -0.4 is 0 Å². The summed E-state index contributed by atoms with van der Waals surface area (Å²) in [5.41, 5.74) is 2.69. The Labute approximate surface area is 116 Å². The van der Waals surface area contributed by atoms with Crippen LogP contribution in [0, 0.1) is 5.82 Å². The zero-order valence-corrected chi connectivity index (χ0v) is 11.0. The van der Waals surface area contributed by atoms with E-state index >= 15 is 0 Å². The van der Waals surface area contributed by atoms with E-state index in [1.54, 1.807) is 6.07 Å². The smallest absolute Gasteiger partial charge is 0.338 e. The first-order chi connectivity index (χ1) is 9.65. The maximum Gasteiger partial charge on any atom is 0.338 e. The van der Waals surface area contributed by atoms with Crippen molar-refractivity contribution in [1.82, 2.24) is 0 Å². The summed E-state index contributed by atoms with van der Waals surface area (Å²) in [5, 5.41) is 8.95. The lowest BCUT2D eigenvalue weighted by Gasteiger charge is -2.25. The minimum Gasteiger partial charge on any atom is -0.478 e. The molecule has 0 saturated heterocycles. The molecule has 2 aromatic carbocycles. The molecule has 0 aromatic heterocycles. The Hall–Kier alpha value is -2.16. The van der Waals surface area contributed by atoms with Crippen molar-refractivity contribution in [3.8, 4) is 11.1 Å². The van der Waals surface area contributed by atoms with Crippen molar-refractivity contribution in [2.45, 2.75) is 25.2 Å². The van der Waals surface area contributed by atoms with Crippen molar-refractivity contribution in [2.75, 3.05) is 0 Å². The van der Waals surface area contributed by atoms with Crippen LogP contribution in [-0.2, 0) is 0 Å². The lowest BCUT2D eigenvalue weighted by atomic mass is 9.80. The monoisotopic (exact) mass is 270 g/mol. The molecule has 3 heteroatoms. The summed E-state index contributed by atoms with van der Waals surface area (Å²) in [7, 11) is 0.